The van der Waals surface area contributed by atoms with Gasteiger partial charge in [0.2, 0.25) is 5.91 Å². The second-order valence-corrected chi connectivity index (χ2v) is 9.70. The second kappa shape index (κ2) is 18.0. The van der Waals surface area contributed by atoms with Gasteiger partial charge in [-0.1, -0.05) is 84.8 Å². The molecule has 1 amide bonds. The fourth-order valence-corrected chi connectivity index (χ4v) is 3.12. The van der Waals surface area contributed by atoms with Gasteiger partial charge >= 0.3 is 5.97 Å². The first-order valence-corrected chi connectivity index (χ1v) is 12.6. The standard InChI is InChI=1S/C16H30O2.C7H13NO4S/c1-4-5-6-7-8-9-10-11-12-13-14-18-16(17)15(2)3;1-4-6(9)8-7(3,5-2)13(10,11)12/h2,4-14H2,1,3H3;4H,1,5H2,2-3H3,(H,8,9)(H,10,11,12). The number of carbonyl (C=O) groups is 2. The Hall–Kier alpha value is -1.67. The van der Waals surface area contributed by atoms with Crippen LogP contribution in [0.2, 0.25) is 0 Å². The fraction of sp³-hybridized carbons (Fsp3) is 0.739. The SMILES string of the molecule is C=C(C)C(=O)OCCCCCCCCCCCC.C=CC(=O)NC(C)(CC)S(=O)(=O)O. The third-order valence-corrected chi connectivity index (χ3v) is 6.43. The second-order valence-electron chi connectivity index (χ2n) is 7.85. The molecular formula is C23H43NO6S. The molecule has 8 heteroatoms. The summed E-state index contributed by atoms with van der Waals surface area (Å²) in [6, 6.07) is 0. The molecule has 7 nitrogen and oxygen atoms in total. The molecule has 0 heterocycles. The van der Waals surface area contributed by atoms with Crippen LogP contribution in [-0.4, -0.2) is 36.3 Å². The molecule has 1 atom stereocenters. The van der Waals surface area contributed by atoms with Crippen LogP contribution in [0.15, 0.2) is 24.8 Å². The van der Waals surface area contributed by atoms with E-state index >= 15 is 0 Å². The van der Waals surface area contributed by atoms with Crippen molar-refractivity contribution in [3.05, 3.63) is 24.8 Å². The van der Waals surface area contributed by atoms with E-state index in [2.05, 4.69) is 25.4 Å². The van der Waals surface area contributed by atoms with Crippen LogP contribution in [-0.2, 0) is 24.4 Å². The number of amides is 1. The van der Waals surface area contributed by atoms with E-state index in [9.17, 15) is 18.0 Å². The molecule has 2 N–H and O–H groups in total. The summed E-state index contributed by atoms with van der Waals surface area (Å²) in [5.74, 6) is -0.895. The Morgan fingerprint density at radius 1 is 1.00 bits per heavy atom. The van der Waals surface area contributed by atoms with Crippen molar-refractivity contribution in [3.63, 3.8) is 0 Å². The molecule has 1 unspecified atom stereocenters. The Kier molecular flexibility index (Phi) is 18.3. The normalized spacial score (nSPS) is 12.7. The van der Waals surface area contributed by atoms with E-state index in [-0.39, 0.29) is 12.4 Å². The maximum atomic E-state index is 11.1. The van der Waals surface area contributed by atoms with Gasteiger partial charge in [-0.2, -0.15) is 8.42 Å². The smallest absolute Gasteiger partial charge is 0.333 e. The molecule has 0 saturated carbocycles. The van der Waals surface area contributed by atoms with Gasteiger partial charge in [0.15, 0.2) is 4.87 Å². The molecule has 0 aliphatic heterocycles. The summed E-state index contributed by atoms with van der Waals surface area (Å²) < 4.78 is 35.5. The average molecular weight is 462 g/mol. The molecule has 0 radical (unpaired) electrons. The number of esters is 1. The molecule has 0 aromatic rings. The lowest BCUT2D eigenvalue weighted by Gasteiger charge is -2.25. The van der Waals surface area contributed by atoms with Crippen molar-refractivity contribution in [3.8, 4) is 0 Å². The van der Waals surface area contributed by atoms with Crippen molar-refractivity contribution in [2.75, 3.05) is 6.61 Å². The predicted molar refractivity (Wildman–Crippen MR) is 126 cm³/mol. The van der Waals surface area contributed by atoms with Gasteiger partial charge in [-0.05, 0) is 32.8 Å². The summed E-state index contributed by atoms with van der Waals surface area (Å²) in [6.45, 7) is 14.0. The topological polar surface area (TPSA) is 110 Å². The van der Waals surface area contributed by atoms with Gasteiger partial charge in [-0.3, -0.25) is 9.35 Å². The van der Waals surface area contributed by atoms with E-state index in [0.717, 1.165) is 12.5 Å². The molecule has 0 aliphatic rings. The van der Waals surface area contributed by atoms with E-state index in [1.807, 2.05) is 0 Å². The maximum absolute atomic E-state index is 11.1. The van der Waals surface area contributed by atoms with E-state index in [0.29, 0.717) is 12.2 Å². The van der Waals surface area contributed by atoms with Crippen LogP contribution in [0.3, 0.4) is 0 Å². The Bertz CT molecular complexity index is 644. The van der Waals surface area contributed by atoms with Crippen LogP contribution in [0.1, 0.15) is 98.3 Å². The highest BCUT2D eigenvalue weighted by Gasteiger charge is 2.37. The lowest BCUT2D eigenvalue weighted by Crippen LogP contribution is -2.50. The minimum absolute atomic E-state index is 0.0748. The number of hydrogen-bond acceptors (Lipinski definition) is 5. The van der Waals surface area contributed by atoms with E-state index in [4.69, 9.17) is 9.29 Å². The maximum Gasteiger partial charge on any atom is 0.333 e. The molecule has 0 rings (SSSR count). The fourth-order valence-electron chi connectivity index (χ4n) is 2.52. The number of hydrogen-bond donors (Lipinski definition) is 2. The van der Waals surface area contributed by atoms with Crippen molar-refractivity contribution < 1.29 is 27.3 Å². The number of nitrogens with one attached hydrogen (secondary N) is 1. The highest BCUT2D eigenvalue weighted by Crippen LogP contribution is 2.16. The molecule has 0 aliphatic carbocycles. The third kappa shape index (κ3) is 16.7. The number of unbranched alkanes of at least 4 members (excludes halogenated alkanes) is 9. The van der Waals surface area contributed by atoms with Crippen LogP contribution >= 0.6 is 0 Å². The van der Waals surface area contributed by atoms with Crippen LogP contribution in [0, 0.1) is 0 Å². The van der Waals surface area contributed by atoms with E-state index in [1.54, 1.807) is 6.92 Å². The van der Waals surface area contributed by atoms with Gasteiger partial charge < -0.3 is 10.1 Å². The first-order valence-electron chi connectivity index (χ1n) is 11.2. The highest BCUT2D eigenvalue weighted by atomic mass is 32.2. The Morgan fingerprint density at radius 3 is 1.81 bits per heavy atom. The Morgan fingerprint density at radius 2 is 1.45 bits per heavy atom. The van der Waals surface area contributed by atoms with Crippen molar-refractivity contribution in [1.82, 2.24) is 5.32 Å². The lowest BCUT2D eigenvalue weighted by molar-refractivity contribution is -0.139. The summed E-state index contributed by atoms with van der Waals surface area (Å²) in [4.78, 5) is 20.3. The molecule has 0 aromatic carbocycles. The summed E-state index contributed by atoms with van der Waals surface area (Å²) in [7, 11) is -4.30. The molecule has 0 fully saturated rings. The number of rotatable bonds is 16. The van der Waals surface area contributed by atoms with Crippen molar-refractivity contribution in [1.29, 1.82) is 0 Å². The zero-order valence-electron chi connectivity index (χ0n) is 19.9. The Balaban J connectivity index is 0. The van der Waals surface area contributed by atoms with Gasteiger partial charge in [0, 0.05) is 5.57 Å². The quantitative estimate of drug-likeness (QED) is 0.139. The third-order valence-electron chi connectivity index (χ3n) is 4.90. The van der Waals surface area contributed by atoms with Crippen molar-refractivity contribution in [2.24, 2.45) is 0 Å². The molecule has 31 heavy (non-hydrogen) atoms. The monoisotopic (exact) mass is 461 g/mol. The number of carbonyl (C=O) groups excluding carboxylic acids is 2. The van der Waals surface area contributed by atoms with Crippen molar-refractivity contribution in [2.45, 2.75) is 103 Å². The van der Waals surface area contributed by atoms with Gasteiger partial charge in [-0.25, -0.2) is 4.79 Å². The van der Waals surface area contributed by atoms with Crippen LogP contribution in [0.5, 0.6) is 0 Å². The predicted octanol–water partition coefficient (Wildman–Crippen LogP) is 5.33. The Labute approximate surface area is 189 Å². The van der Waals surface area contributed by atoms with Crippen LogP contribution in [0.4, 0.5) is 0 Å². The molecule has 0 bridgehead atoms. The summed E-state index contributed by atoms with van der Waals surface area (Å²) in [5, 5.41) is 2.14. The first kappa shape index (κ1) is 31.5. The van der Waals surface area contributed by atoms with E-state index in [1.165, 1.54) is 71.6 Å². The minimum Gasteiger partial charge on any atom is -0.462 e. The lowest BCUT2D eigenvalue weighted by atomic mass is 10.1. The molecule has 0 saturated heterocycles. The first-order chi connectivity index (χ1) is 14.4. The summed E-state index contributed by atoms with van der Waals surface area (Å²) >= 11 is 0. The molecular weight excluding hydrogens is 418 g/mol. The molecule has 182 valence electrons. The van der Waals surface area contributed by atoms with Gasteiger partial charge in [0.1, 0.15) is 0 Å². The minimum atomic E-state index is -4.30. The average Bonchev–Trinajstić information content (AvgIpc) is 2.71. The van der Waals surface area contributed by atoms with Gasteiger partial charge in [0.05, 0.1) is 6.61 Å². The van der Waals surface area contributed by atoms with E-state index < -0.39 is 20.9 Å². The summed E-state index contributed by atoms with van der Waals surface area (Å²) in [6.07, 6.45) is 14.0. The largest absolute Gasteiger partial charge is 0.462 e. The van der Waals surface area contributed by atoms with Gasteiger partial charge in [0.25, 0.3) is 10.1 Å². The summed E-state index contributed by atoms with van der Waals surface area (Å²) in [5.41, 5.74) is 0.488. The zero-order valence-corrected chi connectivity index (χ0v) is 20.7. The number of ether oxygens (including phenoxy) is 1. The van der Waals surface area contributed by atoms with Crippen LogP contribution < -0.4 is 5.32 Å². The van der Waals surface area contributed by atoms with Gasteiger partial charge in [-0.15, -0.1) is 0 Å². The zero-order chi connectivity index (χ0) is 24.3. The molecule has 0 aromatic heterocycles. The van der Waals surface area contributed by atoms with Crippen molar-refractivity contribution >= 4 is 22.0 Å². The van der Waals surface area contributed by atoms with Crippen LogP contribution in [0.25, 0.3) is 0 Å². The highest BCUT2D eigenvalue weighted by molar-refractivity contribution is 7.87. The molecule has 0 spiro atoms.